The average Bonchev–Trinajstić information content (AvgIpc) is 2.18. The zero-order chi connectivity index (χ0) is 13.8. The molecule has 18 heavy (non-hydrogen) atoms. The van der Waals surface area contributed by atoms with Gasteiger partial charge in [0.2, 0.25) is 0 Å². The molecule has 1 rings (SSSR count). The SMILES string of the molecule is CC(=O)OP(=O)(OC(C)=O)Oc1ccc(O)cc1. The summed E-state index contributed by atoms with van der Waals surface area (Å²) in [6, 6.07) is 5.08. The monoisotopic (exact) mass is 274 g/mol. The second-order valence-electron chi connectivity index (χ2n) is 3.20. The van der Waals surface area contributed by atoms with Gasteiger partial charge in [0.05, 0.1) is 0 Å². The summed E-state index contributed by atoms with van der Waals surface area (Å²) in [5.74, 6) is -1.85. The molecule has 0 amide bonds. The summed E-state index contributed by atoms with van der Waals surface area (Å²) in [5, 5.41) is 9.05. The van der Waals surface area contributed by atoms with E-state index in [-0.39, 0.29) is 11.5 Å². The maximum absolute atomic E-state index is 11.9. The van der Waals surface area contributed by atoms with E-state index in [2.05, 4.69) is 9.05 Å². The first-order valence-electron chi connectivity index (χ1n) is 4.80. The Morgan fingerprint density at radius 3 is 1.89 bits per heavy atom. The standard InChI is InChI=1S/C10H11O7P/c1-7(11)15-18(14,16-8(2)12)17-10-5-3-9(13)4-6-10/h3-6,13H,1-2H3. The normalized spacial score (nSPS) is 10.6. The number of benzene rings is 1. The van der Waals surface area contributed by atoms with Crippen LogP contribution in [0.3, 0.4) is 0 Å². The lowest BCUT2D eigenvalue weighted by molar-refractivity contribution is -0.137. The molecule has 98 valence electrons. The van der Waals surface area contributed by atoms with Crippen molar-refractivity contribution in [3.05, 3.63) is 24.3 Å². The van der Waals surface area contributed by atoms with Crippen LogP contribution >= 0.6 is 7.82 Å². The summed E-state index contributed by atoms with van der Waals surface area (Å²) in [7, 11) is -4.35. The van der Waals surface area contributed by atoms with Gasteiger partial charge in [-0.15, -0.1) is 0 Å². The van der Waals surface area contributed by atoms with Crippen molar-refractivity contribution in [1.82, 2.24) is 0 Å². The Morgan fingerprint density at radius 2 is 1.50 bits per heavy atom. The maximum Gasteiger partial charge on any atom is 0.651 e. The van der Waals surface area contributed by atoms with Gasteiger partial charge in [-0.25, -0.2) is 0 Å². The lowest BCUT2D eigenvalue weighted by Crippen LogP contribution is -2.08. The van der Waals surface area contributed by atoms with Crippen molar-refractivity contribution in [1.29, 1.82) is 0 Å². The highest BCUT2D eigenvalue weighted by atomic mass is 31.2. The van der Waals surface area contributed by atoms with Crippen LogP contribution in [0.25, 0.3) is 0 Å². The van der Waals surface area contributed by atoms with E-state index in [4.69, 9.17) is 9.63 Å². The third kappa shape index (κ3) is 4.47. The first kappa shape index (κ1) is 14.1. The fourth-order valence-electron chi connectivity index (χ4n) is 1.01. The van der Waals surface area contributed by atoms with Crippen LogP contribution in [-0.4, -0.2) is 17.0 Å². The number of carbonyl (C=O) groups excluding carboxylic acids is 2. The molecule has 0 atom stereocenters. The van der Waals surface area contributed by atoms with Crippen molar-refractivity contribution in [2.24, 2.45) is 0 Å². The van der Waals surface area contributed by atoms with E-state index in [1.165, 1.54) is 24.3 Å². The van der Waals surface area contributed by atoms with E-state index in [1.54, 1.807) is 0 Å². The molecule has 0 heterocycles. The van der Waals surface area contributed by atoms with Gasteiger partial charge >= 0.3 is 19.8 Å². The van der Waals surface area contributed by atoms with Gasteiger partial charge in [0.25, 0.3) is 0 Å². The van der Waals surface area contributed by atoms with Gasteiger partial charge in [-0.1, -0.05) is 0 Å². The minimum Gasteiger partial charge on any atom is -0.508 e. The highest BCUT2D eigenvalue weighted by molar-refractivity contribution is 7.50. The zero-order valence-corrected chi connectivity index (χ0v) is 10.5. The zero-order valence-electron chi connectivity index (χ0n) is 9.65. The Kier molecular flexibility index (Phi) is 4.33. The highest BCUT2D eigenvalue weighted by Gasteiger charge is 2.35. The van der Waals surface area contributed by atoms with Gasteiger partial charge in [0.1, 0.15) is 11.5 Å². The third-order valence-electron chi connectivity index (χ3n) is 1.53. The van der Waals surface area contributed by atoms with Crippen LogP contribution < -0.4 is 4.52 Å². The van der Waals surface area contributed by atoms with Crippen LogP contribution in [0.15, 0.2) is 24.3 Å². The summed E-state index contributed by atoms with van der Waals surface area (Å²) in [4.78, 5) is 21.6. The summed E-state index contributed by atoms with van der Waals surface area (Å²) in [6.45, 7) is 1.99. The Morgan fingerprint density at radius 1 is 1.06 bits per heavy atom. The Hall–Kier alpha value is -2.01. The topological polar surface area (TPSA) is 99.1 Å². The maximum atomic E-state index is 11.9. The molecule has 8 heteroatoms. The average molecular weight is 274 g/mol. The third-order valence-corrected chi connectivity index (χ3v) is 2.93. The molecule has 0 aliphatic heterocycles. The van der Waals surface area contributed by atoms with Gasteiger partial charge in [0, 0.05) is 13.8 Å². The molecule has 0 bridgehead atoms. The first-order chi connectivity index (χ1) is 8.31. The van der Waals surface area contributed by atoms with Crippen LogP contribution in [0, 0.1) is 0 Å². The van der Waals surface area contributed by atoms with Crippen molar-refractivity contribution in [3.63, 3.8) is 0 Å². The molecule has 0 radical (unpaired) electrons. The minimum atomic E-state index is -4.35. The number of phosphoric ester groups is 1. The smallest absolute Gasteiger partial charge is 0.508 e. The summed E-state index contributed by atoms with van der Waals surface area (Å²) in [6.07, 6.45) is 0. The number of hydrogen-bond acceptors (Lipinski definition) is 7. The molecule has 0 spiro atoms. The van der Waals surface area contributed by atoms with Crippen molar-refractivity contribution < 1.29 is 32.8 Å². The number of aromatic hydroxyl groups is 1. The van der Waals surface area contributed by atoms with E-state index in [1.807, 2.05) is 0 Å². The van der Waals surface area contributed by atoms with Gasteiger partial charge in [-0.3, -0.25) is 9.59 Å². The van der Waals surface area contributed by atoms with Gasteiger partial charge < -0.3 is 18.7 Å². The second kappa shape index (κ2) is 5.55. The van der Waals surface area contributed by atoms with E-state index in [0.717, 1.165) is 13.8 Å². The molecule has 0 aromatic heterocycles. The van der Waals surface area contributed by atoms with Crippen molar-refractivity contribution in [2.45, 2.75) is 13.8 Å². The van der Waals surface area contributed by atoms with Crippen LogP contribution in [-0.2, 0) is 23.2 Å². The lowest BCUT2D eigenvalue weighted by Gasteiger charge is -2.15. The molecule has 1 N–H and O–H groups in total. The summed E-state index contributed by atoms with van der Waals surface area (Å²) >= 11 is 0. The van der Waals surface area contributed by atoms with Crippen molar-refractivity contribution in [3.8, 4) is 11.5 Å². The van der Waals surface area contributed by atoms with E-state index in [0.29, 0.717) is 0 Å². The number of hydrogen-bond donors (Lipinski definition) is 1. The second-order valence-corrected chi connectivity index (χ2v) is 4.64. The predicted molar refractivity (Wildman–Crippen MR) is 59.9 cm³/mol. The van der Waals surface area contributed by atoms with Crippen molar-refractivity contribution >= 4 is 19.8 Å². The molecule has 1 aromatic carbocycles. The Bertz CT molecular complexity index is 473. The Labute approximate surface area is 103 Å². The van der Waals surface area contributed by atoms with E-state index in [9.17, 15) is 14.2 Å². The van der Waals surface area contributed by atoms with Crippen LogP contribution in [0.1, 0.15) is 13.8 Å². The predicted octanol–water partition coefficient (Wildman–Crippen LogP) is 2.01. The molecule has 0 aliphatic rings. The van der Waals surface area contributed by atoms with Crippen LogP contribution in [0.5, 0.6) is 11.5 Å². The van der Waals surface area contributed by atoms with Crippen LogP contribution in [0.2, 0.25) is 0 Å². The number of phosphoric acid groups is 1. The first-order valence-corrected chi connectivity index (χ1v) is 6.26. The molecular weight excluding hydrogens is 263 g/mol. The summed E-state index contributed by atoms with van der Waals surface area (Å²) in [5.41, 5.74) is 0. The van der Waals surface area contributed by atoms with Gasteiger partial charge in [-0.2, -0.15) is 4.57 Å². The van der Waals surface area contributed by atoms with Gasteiger partial charge in [-0.05, 0) is 24.3 Å². The van der Waals surface area contributed by atoms with Gasteiger partial charge in [0.15, 0.2) is 0 Å². The van der Waals surface area contributed by atoms with Crippen LogP contribution in [0.4, 0.5) is 0 Å². The molecule has 0 aliphatic carbocycles. The molecule has 0 unspecified atom stereocenters. The molecular formula is C10H11O7P. The fraction of sp³-hybridized carbons (Fsp3) is 0.200. The van der Waals surface area contributed by atoms with E-state index >= 15 is 0 Å². The minimum absolute atomic E-state index is 0.0126. The largest absolute Gasteiger partial charge is 0.651 e. The molecule has 1 aromatic rings. The fourth-order valence-corrected chi connectivity index (χ4v) is 2.13. The highest BCUT2D eigenvalue weighted by Crippen LogP contribution is 2.49. The lowest BCUT2D eigenvalue weighted by atomic mass is 10.3. The number of phenols is 1. The molecule has 0 fully saturated rings. The Balaban J connectivity index is 2.90. The quantitative estimate of drug-likeness (QED) is 0.838. The number of carbonyl (C=O) groups is 2. The molecule has 7 nitrogen and oxygen atoms in total. The van der Waals surface area contributed by atoms with E-state index < -0.39 is 19.8 Å². The van der Waals surface area contributed by atoms with Crippen molar-refractivity contribution in [2.75, 3.05) is 0 Å². The number of rotatable bonds is 4. The number of phenolic OH excluding ortho intramolecular Hbond substituents is 1. The molecule has 0 saturated carbocycles. The molecule has 0 saturated heterocycles. The summed E-state index contributed by atoms with van der Waals surface area (Å²) < 4.78 is 25.5.